The summed E-state index contributed by atoms with van der Waals surface area (Å²) in [4.78, 5) is 39.9. The highest BCUT2D eigenvalue weighted by atomic mass is 35.5. The highest BCUT2D eigenvalue weighted by Gasteiger charge is 2.34. The van der Waals surface area contributed by atoms with E-state index in [1.165, 1.54) is 35.0 Å². The van der Waals surface area contributed by atoms with E-state index < -0.39 is 41.2 Å². The SMILES string of the molecule is CN=S1(=O)CCN(CC[C@@H]2COc3cc(S(=O)(=O)NC(=O)c4ccc(N5CCN(CC6=C(c7ccc(Cl)cc7)CC(C)(C)CC6)CC5)cc4Oc4cnc5[nH]ccc5c4)cc([N+](=O)[O-])c3C2)CC1. The van der Waals surface area contributed by atoms with Gasteiger partial charge in [-0.15, -0.1) is 0 Å². The van der Waals surface area contributed by atoms with Crippen molar-refractivity contribution in [2.24, 2.45) is 15.7 Å². The Hall–Kier alpha value is -5.53. The molecule has 2 aromatic heterocycles. The average Bonchev–Trinajstić information content (AvgIpc) is 3.80. The van der Waals surface area contributed by atoms with Crippen molar-refractivity contribution < 1.29 is 31.8 Å². The van der Waals surface area contributed by atoms with Gasteiger partial charge in [0.15, 0.2) is 0 Å². The van der Waals surface area contributed by atoms with Gasteiger partial charge < -0.3 is 24.3 Å². The van der Waals surface area contributed by atoms with E-state index in [-0.39, 0.29) is 35.0 Å². The van der Waals surface area contributed by atoms with Crippen molar-refractivity contribution in [3.8, 4) is 17.2 Å². The van der Waals surface area contributed by atoms with Crippen LogP contribution in [0.2, 0.25) is 5.02 Å². The number of amides is 1. The van der Waals surface area contributed by atoms with Gasteiger partial charge in [-0.25, -0.2) is 26.7 Å². The number of nitrogens with one attached hydrogen (secondary N) is 2. The van der Waals surface area contributed by atoms with Crippen molar-refractivity contribution in [3.05, 3.63) is 117 Å². The number of nitro benzene ring substituents is 1. The van der Waals surface area contributed by atoms with Crippen molar-refractivity contribution in [2.45, 2.75) is 50.8 Å². The Balaban J connectivity index is 0.914. The number of piperazine rings is 1. The molecule has 0 unspecified atom stereocenters. The first-order chi connectivity index (χ1) is 32.5. The number of carbonyl (C=O) groups excluding carboxylic acids is 1. The third-order valence-electron chi connectivity index (χ3n) is 13.8. The maximum atomic E-state index is 14.1. The summed E-state index contributed by atoms with van der Waals surface area (Å²) in [6.45, 7) is 10.8. The van der Waals surface area contributed by atoms with E-state index in [1.54, 1.807) is 31.4 Å². The third kappa shape index (κ3) is 10.7. The smallest absolute Gasteiger partial charge is 0.277 e. The zero-order valence-corrected chi connectivity index (χ0v) is 40.9. The number of halogens is 1. The molecule has 68 heavy (non-hydrogen) atoms. The van der Waals surface area contributed by atoms with Gasteiger partial charge in [-0.05, 0) is 97.5 Å². The van der Waals surface area contributed by atoms with Crippen LogP contribution in [0.4, 0.5) is 11.4 Å². The minimum atomic E-state index is -4.66. The number of carbonyl (C=O) groups is 1. The van der Waals surface area contributed by atoms with Gasteiger partial charge in [0.2, 0.25) is 0 Å². The molecule has 16 nitrogen and oxygen atoms in total. The molecule has 2 fully saturated rings. The fourth-order valence-corrected chi connectivity index (χ4v) is 12.5. The summed E-state index contributed by atoms with van der Waals surface area (Å²) in [6, 6.07) is 19.1. The first-order valence-corrected chi connectivity index (χ1v) is 26.8. The van der Waals surface area contributed by atoms with Crippen LogP contribution < -0.4 is 19.1 Å². The number of allylic oxidation sites excluding steroid dienone is 1. The van der Waals surface area contributed by atoms with Crippen molar-refractivity contribution >= 4 is 65.2 Å². The number of rotatable bonds is 13. The lowest BCUT2D eigenvalue weighted by Gasteiger charge is -2.39. The second kappa shape index (κ2) is 19.5. The molecular formula is C49H57ClN8O8S2. The number of benzene rings is 3. The lowest BCUT2D eigenvalue weighted by atomic mass is 9.72. The molecule has 5 heterocycles. The second-order valence-corrected chi connectivity index (χ2v) is 23.9. The largest absolute Gasteiger partial charge is 0.493 e. The van der Waals surface area contributed by atoms with Gasteiger partial charge in [0, 0.05) is 115 Å². The molecule has 3 aliphatic heterocycles. The van der Waals surface area contributed by atoms with E-state index >= 15 is 0 Å². The van der Waals surface area contributed by atoms with Crippen LogP contribution in [0.1, 0.15) is 61.0 Å². The summed E-state index contributed by atoms with van der Waals surface area (Å²) < 4.78 is 59.2. The van der Waals surface area contributed by atoms with Crippen LogP contribution in [0.3, 0.4) is 0 Å². The number of aromatic nitrogens is 2. The molecule has 19 heteroatoms. The molecule has 1 amide bonds. The summed E-state index contributed by atoms with van der Waals surface area (Å²) in [7, 11) is -5.21. The Morgan fingerprint density at radius 1 is 1.04 bits per heavy atom. The van der Waals surface area contributed by atoms with Crippen LogP contribution in [0.5, 0.6) is 17.2 Å². The Morgan fingerprint density at radius 2 is 1.81 bits per heavy atom. The van der Waals surface area contributed by atoms with E-state index in [2.05, 4.69) is 59.7 Å². The quantitative estimate of drug-likeness (QED) is 0.0851. The Kier molecular flexibility index (Phi) is 13.6. The number of ether oxygens (including phenoxy) is 2. The zero-order valence-electron chi connectivity index (χ0n) is 38.5. The maximum Gasteiger partial charge on any atom is 0.277 e. The van der Waals surface area contributed by atoms with Gasteiger partial charge in [-0.1, -0.05) is 43.2 Å². The van der Waals surface area contributed by atoms with Gasteiger partial charge in [-0.2, -0.15) is 0 Å². The number of sulfonamides is 1. The summed E-state index contributed by atoms with van der Waals surface area (Å²) >= 11 is 6.25. The van der Waals surface area contributed by atoms with Gasteiger partial charge in [0.05, 0.1) is 33.7 Å². The van der Waals surface area contributed by atoms with Crippen LogP contribution in [-0.4, -0.2) is 121 Å². The predicted molar refractivity (Wildman–Crippen MR) is 265 cm³/mol. The molecule has 2 N–H and O–H groups in total. The highest BCUT2D eigenvalue weighted by molar-refractivity contribution is 7.93. The lowest BCUT2D eigenvalue weighted by Crippen LogP contribution is -2.47. The first kappa shape index (κ1) is 47.5. The summed E-state index contributed by atoms with van der Waals surface area (Å²) in [5, 5.41) is 13.9. The number of anilines is 1. The summed E-state index contributed by atoms with van der Waals surface area (Å²) in [5.41, 5.74) is 5.60. The van der Waals surface area contributed by atoms with E-state index in [0.717, 1.165) is 61.1 Å². The number of aromatic amines is 1. The van der Waals surface area contributed by atoms with Crippen LogP contribution in [-0.2, 0) is 26.2 Å². The molecule has 5 aromatic rings. The molecular weight excluding hydrogens is 928 g/mol. The molecule has 3 aromatic carbocycles. The Bertz CT molecular complexity index is 3000. The van der Waals surface area contributed by atoms with Crippen molar-refractivity contribution in [2.75, 3.05) is 82.4 Å². The van der Waals surface area contributed by atoms with Crippen LogP contribution >= 0.6 is 11.6 Å². The molecule has 1 aliphatic carbocycles. The van der Waals surface area contributed by atoms with Crippen molar-refractivity contribution in [1.29, 1.82) is 0 Å². The van der Waals surface area contributed by atoms with Gasteiger partial charge >= 0.3 is 0 Å². The molecule has 0 radical (unpaired) electrons. The van der Waals surface area contributed by atoms with E-state index in [0.29, 0.717) is 74.0 Å². The van der Waals surface area contributed by atoms with Crippen LogP contribution in [0.15, 0.2) is 94.0 Å². The van der Waals surface area contributed by atoms with Gasteiger partial charge in [-0.3, -0.25) is 19.8 Å². The molecule has 0 saturated carbocycles. The predicted octanol–water partition coefficient (Wildman–Crippen LogP) is 8.18. The van der Waals surface area contributed by atoms with Crippen LogP contribution in [0, 0.1) is 21.4 Å². The number of fused-ring (bicyclic) bond motifs is 2. The molecule has 9 rings (SSSR count). The fraction of sp³-hybridized carbons (Fsp3) is 0.429. The number of nitro groups is 1. The number of hydrogen-bond donors (Lipinski definition) is 2. The zero-order chi connectivity index (χ0) is 47.8. The Morgan fingerprint density at radius 3 is 2.54 bits per heavy atom. The number of pyridine rings is 1. The van der Waals surface area contributed by atoms with E-state index in [4.69, 9.17) is 21.1 Å². The van der Waals surface area contributed by atoms with Crippen LogP contribution in [0.25, 0.3) is 16.6 Å². The minimum absolute atomic E-state index is 0.0510. The number of nitrogens with zero attached hydrogens (tertiary/aromatic N) is 6. The molecule has 360 valence electrons. The topological polar surface area (TPSA) is 193 Å². The molecule has 2 saturated heterocycles. The minimum Gasteiger partial charge on any atom is -0.493 e. The summed E-state index contributed by atoms with van der Waals surface area (Å²) in [6.07, 6.45) is 7.46. The Labute approximate surface area is 402 Å². The summed E-state index contributed by atoms with van der Waals surface area (Å²) in [5.74, 6) is 0.538. The maximum absolute atomic E-state index is 14.1. The molecule has 1 atom stereocenters. The highest BCUT2D eigenvalue weighted by Crippen LogP contribution is 2.44. The van der Waals surface area contributed by atoms with Crippen molar-refractivity contribution in [3.63, 3.8) is 0 Å². The molecule has 4 aliphatic rings. The molecule has 0 spiro atoms. The second-order valence-electron chi connectivity index (χ2n) is 19.0. The monoisotopic (exact) mass is 984 g/mol. The van der Waals surface area contributed by atoms with Crippen molar-refractivity contribution in [1.82, 2.24) is 24.5 Å². The fourth-order valence-electron chi connectivity index (χ4n) is 9.74. The first-order valence-electron chi connectivity index (χ1n) is 23.1. The van der Waals surface area contributed by atoms with Gasteiger partial charge in [0.25, 0.3) is 21.6 Å². The van der Waals surface area contributed by atoms with E-state index in [1.807, 2.05) is 18.2 Å². The molecule has 0 bridgehead atoms. The lowest BCUT2D eigenvalue weighted by molar-refractivity contribution is -0.386. The number of H-pyrrole nitrogens is 1. The number of hydrogen-bond acceptors (Lipinski definition) is 13. The standard InChI is InChI=1S/C49H57ClN8O8S2/c1-49(2)13-10-36(43(29-49)34-4-6-37(50)7-5-34)31-56-16-18-57(19-17-56)38-8-9-41(46(26-38)66-39-25-35-11-14-52-47(35)53-30-39)48(59)54-68(63,64)40-27-44(58(60)61)42-24-33(32-65-45(42)28-40)12-15-55-20-22-67(62,51-3)23-21-55/h4-9,11,14,25-28,30,33H,10,12-13,15-24,29,31-32H2,1-3H3,(H,52,53)(H,54,59)/t33-/m0/s1. The normalized spacial score (nSPS) is 19.8. The van der Waals surface area contributed by atoms with E-state index in [9.17, 15) is 27.5 Å². The third-order valence-corrected chi connectivity index (χ3v) is 17.7. The van der Waals surface area contributed by atoms with Gasteiger partial charge in [0.1, 0.15) is 22.9 Å². The average molecular weight is 986 g/mol.